The number of aliphatic hydroxyl groups excluding tert-OH is 1. The molecule has 1 unspecified atom stereocenters. The number of ether oxygens (including phenoxy) is 1. The summed E-state index contributed by atoms with van der Waals surface area (Å²) in [5.74, 6) is -0.871. The van der Waals surface area contributed by atoms with Crippen LogP contribution >= 0.6 is 0 Å². The Kier molecular flexibility index (Phi) is 2.43. The fraction of sp³-hybridized carbons (Fsp3) is 0.667. The maximum Gasteiger partial charge on any atom is 0.356 e. The number of rotatable bonds is 2. The fourth-order valence-electron chi connectivity index (χ4n) is 0.798. The number of hydrogen-bond acceptors (Lipinski definition) is 5. The van der Waals surface area contributed by atoms with Crippen molar-refractivity contribution in [1.82, 2.24) is 0 Å². The molecule has 1 aliphatic rings. The molecule has 62 valence electrons. The van der Waals surface area contributed by atoms with Crippen molar-refractivity contribution >= 4 is 11.7 Å². The molecule has 0 aromatic heterocycles. The maximum absolute atomic E-state index is 10.8. The van der Waals surface area contributed by atoms with Crippen LogP contribution in [0.1, 0.15) is 0 Å². The molecule has 0 spiro atoms. The van der Waals surface area contributed by atoms with Gasteiger partial charge >= 0.3 is 5.97 Å². The van der Waals surface area contributed by atoms with Crippen LogP contribution in [0.3, 0.4) is 0 Å². The molecule has 1 atom stereocenters. The van der Waals surface area contributed by atoms with E-state index in [0.717, 1.165) is 0 Å². The van der Waals surface area contributed by atoms with E-state index in [1.165, 1.54) is 7.11 Å². The van der Waals surface area contributed by atoms with E-state index in [1.807, 2.05) is 0 Å². The lowest BCUT2D eigenvalue weighted by Gasteiger charge is -2.02. The van der Waals surface area contributed by atoms with E-state index in [1.54, 1.807) is 0 Å². The zero-order valence-corrected chi connectivity index (χ0v) is 6.11. The van der Waals surface area contributed by atoms with Crippen molar-refractivity contribution in [3.63, 3.8) is 0 Å². The molecule has 0 radical (unpaired) electrons. The first kappa shape index (κ1) is 8.00. The molecule has 0 amide bonds. The van der Waals surface area contributed by atoms with Crippen LogP contribution in [0.4, 0.5) is 0 Å². The third kappa shape index (κ3) is 1.48. The lowest BCUT2D eigenvalue weighted by atomic mass is 10.1. The Morgan fingerprint density at radius 1 is 2.00 bits per heavy atom. The summed E-state index contributed by atoms with van der Waals surface area (Å²) >= 11 is 0. The van der Waals surface area contributed by atoms with E-state index < -0.39 is 5.97 Å². The first-order chi connectivity index (χ1) is 5.29. The van der Waals surface area contributed by atoms with E-state index in [2.05, 4.69) is 14.7 Å². The molecule has 0 aromatic carbocycles. The van der Waals surface area contributed by atoms with E-state index in [0.29, 0.717) is 0 Å². The largest absolute Gasteiger partial charge is 0.464 e. The van der Waals surface area contributed by atoms with Gasteiger partial charge in [0.15, 0.2) is 5.71 Å². The van der Waals surface area contributed by atoms with Gasteiger partial charge in [-0.1, -0.05) is 5.16 Å². The second-order valence-electron chi connectivity index (χ2n) is 2.14. The zero-order chi connectivity index (χ0) is 8.27. The first-order valence-electron chi connectivity index (χ1n) is 3.18. The minimum Gasteiger partial charge on any atom is -0.464 e. The minimum atomic E-state index is -0.540. The van der Waals surface area contributed by atoms with Crippen LogP contribution in [0.2, 0.25) is 0 Å². The predicted octanol–water partition coefficient (Wildman–Crippen LogP) is -0.846. The van der Waals surface area contributed by atoms with E-state index in [4.69, 9.17) is 5.11 Å². The Morgan fingerprint density at radius 2 is 2.73 bits per heavy atom. The molecular weight excluding hydrogens is 150 g/mol. The smallest absolute Gasteiger partial charge is 0.356 e. The summed E-state index contributed by atoms with van der Waals surface area (Å²) in [5.41, 5.74) is 0.162. The average Bonchev–Trinajstić information content (AvgIpc) is 2.50. The normalized spacial score (nSPS) is 22.4. The Morgan fingerprint density at radius 3 is 3.27 bits per heavy atom. The third-order valence-corrected chi connectivity index (χ3v) is 1.44. The fourth-order valence-corrected chi connectivity index (χ4v) is 0.798. The van der Waals surface area contributed by atoms with Gasteiger partial charge in [-0.25, -0.2) is 4.79 Å². The van der Waals surface area contributed by atoms with Crippen molar-refractivity contribution in [1.29, 1.82) is 0 Å². The average molecular weight is 159 g/mol. The molecule has 5 heteroatoms. The molecule has 0 fully saturated rings. The van der Waals surface area contributed by atoms with Gasteiger partial charge in [0.2, 0.25) is 0 Å². The van der Waals surface area contributed by atoms with Gasteiger partial charge in [-0.2, -0.15) is 0 Å². The Balaban J connectivity index is 2.62. The van der Waals surface area contributed by atoms with E-state index in [9.17, 15) is 4.79 Å². The third-order valence-electron chi connectivity index (χ3n) is 1.44. The summed E-state index contributed by atoms with van der Waals surface area (Å²) < 4.78 is 4.41. The number of carbonyl (C=O) groups is 1. The summed E-state index contributed by atoms with van der Waals surface area (Å²) in [6.07, 6.45) is 0. The van der Waals surface area contributed by atoms with Crippen molar-refractivity contribution in [3.8, 4) is 0 Å². The molecule has 0 saturated heterocycles. The number of nitrogens with zero attached hydrogens (tertiary/aromatic N) is 1. The van der Waals surface area contributed by atoms with Crippen molar-refractivity contribution in [2.45, 2.75) is 0 Å². The number of carbonyl (C=O) groups excluding carboxylic acids is 1. The highest BCUT2D eigenvalue weighted by atomic mass is 16.6. The Labute approximate surface area is 63.6 Å². The SMILES string of the molecule is COC(=O)C1=NOCC1CO. The highest BCUT2D eigenvalue weighted by Crippen LogP contribution is 2.09. The molecular formula is C6H9NO4. The van der Waals surface area contributed by atoms with Crippen molar-refractivity contribution < 1.29 is 19.5 Å². The summed E-state index contributed by atoms with van der Waals surface area (Å²) in [4.78, 5) is 15.4. The van der Waals surface area contributed by atoms with Gasteiger partial charge < -0.3 is 14.7 Å². The Hall–Kier alpha value is -1.10. The summed E-state index contributed by atoms with van der Waals surface area (Å²) in [6, 6.07) is 0. The minimum absolute atomic E-state index is 0.145. The number of aliphatic hydroxyl groups is 1. The summed E-state index contributed by atoms with van der Waals surface area (Å²) in [5, 5.41) is 12.2. The lowest BCUT2D eigenvalue weighted by molar-refractivity contribution is -0.133. The number of esters is 1. The quantitative estimate of drug-likeness (QED) is 0.533. The van der Waals surface area contributed by atoms with Crippen molar-refractivity contribution in [3.05, 3.63) is 0 Å². The number of oxime groups is 1. The van der Waals surface area contributed by atoms with E-state index in [-0.39, 0.29) is 24.8 Å². The molecule has 0 saturated carbocycles. The predicted molar refractivity (Wildman–Crippen MR) is 36.0 cm³/mol. The van der Waals surface area contributed by atoms with Gasteiger partial charge in [-0.15, -0.1) is 0 Å². The highest BCUT2D eigenvalue weighted by molar-refractivity contribution is 6.37. The topological polar surface area (TPSA) is 68.1 Å². The first-order valence-corrected chi connectivity index (χ1v) is 3.18. The van der Waals surface area contributed by atoms with Crippen LogP contribution in [0, 0.1) is 5.92 Å². The van der Waals surface area contributed by atoms with Crippen molar-refractivity contribution in [2.24, 2.45) is 11.1 Å². The van der Waals surface area contributed by atoms with Crippen LogP contribution in [0.5, 0.6) is 0 Å². The monoisotopic (exact) mass is 159 g/mol. The molecule has 0 bridgehead atoms. The van der Waals surface area contributed by atoms with Crippen LogP contribution in [-0.2, 0) is 14.4 Å². The lowest BCUT2D eigenvalue weighted by Crippen LogP contribution is -2.26. The second kappa shape index (κ2) is 3.34. The van der Waals surface area contributed by atoms with E-state index >= 15 is 0 Å². The molecule has 1 aliphatic heterocycles. The van der Waals surface area contributed by atoms with Gasteiger partial charge in [0, 0.05) is 0 Å². The van der Waals surface area contributed by atoms with Crippen LogP contribution in [0.15, 0.2) is 5.16 Å². The molecule has 0 aliphatic carbocycles. The molecule has 1 rings (SSSR count). The van der Waals surface area contributed by atoms with Crippen LogP contribution < -0.4 is 0 Å². The number of hydrogen-bond donors (Lipinski definition) is 1. The second-order valence-corrected chi connectivity index (χ2v) is 2.14. The highest BCUT2D eigenvalue weighted by Gasteiger charge is 2.29. The Bertz CT molecular complexity index is 189. The van der Waals surface area contributed by atoms with Gasteiger partial charge in [0.05, 0.1) is 19.6 Å². The maximum atomic E-state index is 10.8. The summed E-state index contributed by atoms with van der Waals surface area (Å²) in [7, 11) is 1.26. The van der Waals surface area contributed by atoms with Crippen LogP contribution in [0.25, 0.3) is 0 Å². The zero-order valence-electron chi connectivity index (χ0n) is 6.11. The van der Waals surface area contributed by atoms with Crippen LogP contribution in [-0.4, -0.2) is 37.1 Å². The van der Waals surface area contributed by atoms with Gasteiger partial charge in [-0.05, 0) is 0 Å². The number of methoxy groups -OCH3 is 1. The van der Waals surface area contributed by atoms with Crippen molar-refractivity contribution in [2.75, 3.05) is 20.3 Å². The van der Waals surface area contributed by atoms with Gasteiger partial charge in [0.25, 0.3) is 0 Å². The summed E-state index contributed by atoms with van der Waals surface area (Å²) in [6.45, 7) is 0.106. The molecule has 1 heterocycles. The molecule has 0 aromatic rings. The molecule has 11 heavy (non-hydrogen) atoms. The van der Waals surface area contributed by atoms with Gasteiger partial charge in [0.1, 0.15) is 6.61 Å². The van der Waals surface area contributed by atoms with Gasteiger partial charge in [-0.3, -0.25) is 0 Å². The molecule has 5 nitrogen and oxygen atoms in total. The molecule has 1 N–H and O–H groups in total. The standard InChI is InChI=1S/C6H9NO4/c1-10-6(9)5-4(2-8)3-11-7-5/h4,8H,2-3H2,1H3.